The van der Waals surface area contributed by atoms with Gasteiger partial charge in [-0.15, -0.1) is 11.6 Å². The predicted molar refractivity (Wildman–Crippen MR) is 144 cm³/mol. The summed E-state index contributed by atoms with van der Waals surface area (Å²) in [6.45, 7) is 9.01. The van der Waals surface area contributed by atoms with Gasteiger partial charge in [-0.25, -0.2) is 4.79 Å². The summed E-state index contributed by atoms with van der Waals surface area (Å²) in [5.74, 6) is -1.97. The number of ether oxygens (including phenoxy) is 3. The molecule has 4 aliphatic carbocycles. The highest BCUT2D eigenvalue weighted by Crippen LogP contribution is 2.72. The van der Waals surface area contributed by atoms with Crippen LogP contribution in [0.2, 0.25) is 0 Å². The van der Waals surface area contributed by atoms with E-state index in [0.717, 1.165) is 5.57 Å². The van der Waals surface area contributed by atoms with Crippen LogP contribution < -0.4 is 0 Å². The molecule has 0 aromatic carbocycles. The Balaban J connectivity index is 1.76. The van der Waals surface area contributed by atoms with Crippen LogP contribution in [0.1, 0.15) is 79.6 Å². The van der Waals surface area contributed by atoms with Crippen LogP contribution in [-0.4, -0.2) is 58.6 Å². The largest absolute Gasteiger partial charge is 0.509 e. The average molecular weight is 565 g/mol. The van der Waals surface area contributed by atoms with Gasteiger partial charge < -0.3 is 19.3 Å². The summed E-state index contributed by atoms with van der Waals surface area (Å²) in [7, 11) is 0. The first-order valence-corrected chi connectivity index (χ1v) is 14.6. The topological polar surface area (TPSA) is 116 Å². The second-order valence-electron chi connectivity index (χ2n) is 12.2. The first-order chi connectivity index (χ1) is 18.3. The third kappa shape index (κ3) is 4.37. The van der Waals surface area contributed by atoms with E-state index in [4.69, 9.17) is 25.8 Å². The van der Waals surface area contributed by atoms with E-state index in [1.807, 2.05) is 40.7 Å². The normalized spacial score (nSPS) is 40.6. The smallest absolute Gasteiger partial charge is 0.457 e. The van der Waals surface area contributed by atoms with Gasteiger partial charge in [0, 0.05) is 23.2 Å². The first kappa shape index (κ1) is 29.8. The molecule has 8 atom stereocenters. The van der Waals surface area contributed by atoms with Crippen molar-refractivity contribution in [1.82, 2.24) is 0 Å². The fourth-order valence-electron chi connectivity index (χ4n) is 8.27. The maximum atomic E-state index is 14.0. The van der Waals surface area contributed by atoms with E-state index in [2.05, 4.69) is 0 Å². The number of carbonyl (C=O) groups is 4. The Kier molecular flexibility index (Phi) is 8.14. The van der Waals surface area contributed by atoms with E-state index >= 15 is 0 Å². The summed E-state index contributed by atoms with van der Waals surface area (Å²) in [5, 5.41) is 11.9. The molecule has 0 heterocycles. The van der Waals surface area contributed by atoms with Crippen molar-refractivity contribution in [3.63, 3.8) is 0 Å². The molecule has 0 amide bonds. The lowest BCUT2D eigenvalue weighted by Crippen LogP contribution is -2.69. The highest BCUT2D eigenvalue weighted by Gasteiger charge is 2.76. The molecule has 3 fully saturated rings. The van der Waals surface area contributed by atoms with Gasteiger partial charge in [0.25, 0.3) is 0 Å². The number of allylic oxidation sites excluding steroid dienone is 4. The van der Waals surface area contributed by atoms with Gasteiger partial charge in [-0.3, -0.25) is 14.4 Å². The van der Waals surface area contributed by atoms with Crippen LogP contribution >= 0.6 is 11.6 Å². The van der Waals surface area contributed by atoms with Crippen LogP contribution in [0, 0.1) is 28.6 Å². The summed E-state index contributed by atoms with van der Waals surface area (Å²) in [6.07, 6.45) is 6.13. The number of alkyl halides is 1. The molecule has 3 saturated carbocycles. The maximum absolute atomic E-state index is 14.0. The van der Waals surface area contributed by atoms with Crippen molar-refractivity contribution in [3.8, 4) is 0 Å². The van der Waals surface area contributed by atoms with Crippen LogP contribution in [0.5, 0.6) is 0 Å². The summed E-state index contributed by atoms with van der Waals surface area (Å²) in [6, 6.07) is 0. The Morgan fingerprint density at radius 3 is 2.51 bits per heavy atom. The molecular weight excluding hydrogens is 524 g/mol. The standard InChI is InChI=1S/C30H41ClO8/c1-6-8-25(35)38-17-24(34)30(39-26(36)37-13-7-2)18(3)14-22-21-10-9-19-15-20(32)11-12-27(19,4)29(21,31)23(33)16-28(22,30)5/h11-12,15,18,21-23,33H,6-10,13-14,16-17H2,1-5H3/t18-,21+,22+,23?,27+,28+,29+,30+/m1/s1. The molecule has 1 N–H and O–H groups in total. The van der Waals surface area contributed by atoms with E-state index in [9.17, 15) is 24.3 Å². The maximum Gasteiger partial charge on any atom is 0.509 e. The van der Waals surface area contributed by atoms with Crippen molar-refractivity contribution >= 4 is 35.3 Å². The number of aliphatic hydroxyl groups excluding tert-OH is 1. The van der Waals surface area contributed by atoms with Crippen molar-refractivity contribution in [3.05, 3.63) is 23.8 Å². The highest BCUT2D eigenvalue weighted by molar-refractivity contribution is 6.26. The molecule has 0 aliphatic heterocycles. The number of carbonyl (C=O) groups excluding carboxylic acids is 4. The second kappa shape index (κ2) is 10.7. The lowest BCUT2D eigenvalue weighted by molar-refractivity contribution is -0.187. The molecule has 39 heavy (non-hydrogen) atoms. The Hall–Kier alpha value is -2.19. The molecule has 9 heteroatoms. The van der Waals surface area contributed by atoms with E-state index in [0.29, 0.717) is 32.1 Å². The molecule has 0 aromatic rings. The average Bonchev–Trinajstić information content (AvgIpc) is 3.09. The van der Waals surface area contributed by atoms with Crippen molar-refractivity contribution in [2.24, 2.45) is 28.6 Å². The molecule has 8 nitrogen and oxygen atoms in total. The summed E-state index contributed by atoms with van der Waals surface area (Å²) >= 11 is 7.51. The quantitative estimate of drug-likeness (QED) is 0.320. The molecule has 0 aromatic heterocycles. The van der Waals surface area contributed by atoms with Crippen molar-refractivity contribution in [2.45, 2.75) is 96.1 Å². The Morgan fingerprint density at radius 1 is 1.13 bits per heavy atom. The number of esters is 1. The highest BCUT2D eigenvalue weighted by atomic mass is 35.5. The van der Waals surface area contributed by atoms with Crippen LogP contribution in [0.15, 0.2) is 23.8 Å². The zero-order chi connectivity index (χ0) is 28.8. The number of rotatable bonds is 8. The predicted octanol–water partition coefficient (Wildman–Crippen LogP) is 5.09. The van der Waals surface area contributed by atoms with E-state index < -0.39 is 57.8 Å². The Morgan fingerprint density at radius 2 is 1.85 bits per heavy atom. The third-order valence-electron chi connectivity index (χ3n) is 10.1. The van der Waals surface area contributed by atoms with Crippen LogP contribution in [-0.2, 0) is 28.6 Å². The molecule has 0 bridgehead atoms. The first-order valence-electron chi connectivity index (χ1n) is 14.2. The van der Waals surface area contributed by atoms with Gasteiger partial charge in [0.2, 0.25) is 5.78 Å². The van der Waals surface area contributed by atoms with Gasteiger partial charge in [0.15, 0.2) is 18.0 Å². The van der Waals surface area contributed by atoms with E-state index in [-0.39, 0.29) is 37.1 Å². The fourth-order valence-corrected chi connectivity index (χ4v) is 8.80. The van der Waals surface area contributed by atoms with Gasteiger partial charge in [-0.2, -0.15) is 0 Å². The zero-order valence-electron chi connectivity index (χ0n) is 23.6. The monoisotopic (exact) mass is 564 g/mol. The van der Waals surface area contributed by atoms with Crippen LogP contribution in [0.25, 0.3) is 0 Å². The number of hydrogen-bond acceptors (Lipinski definition) is 8. The number of hydrogen-bond donors (Lipinski definition) is 1. The molecule has 4 rings (SSSR count). The molecule has 0 radical (unpaired) electrons. The lowest BCUT2D eigenvalue weighted by Gasteiger charge is -2.64. The van der Waals surface area contributed by atoms with Crippen LogP contribution in [0.4, 0.5) is 4.79 Å². The molecule has 216 valence electrons. The van der Waals surface area contributed by atoms with E-state index in [1.54, 1.807) is 6.08 Å². The number of ketones is 2. The molecule has 1 unspecified atom stereocenters. The minimum Gasteiger partial charge on any atom is -0.457 e. The minimum absolute atomic E-state index is 0.0857. The van der Waals surface area contributed by atoms with Gasteiger partial charge in [-0.05, 0) is 62.5 Å². The molecule has 0 spiro atoms. The fraction of sp³-hybridized carbons (Fsp3) is 0.733. The number of Topliss-reactive ketones (excluding diaryl/α,β-unsaturated/α-hetero) is 1. The number of aliphatic hydroxyl groups is 1. The second-order valence-corrected chi connectivity index (χ2v) is 12.8. The van der Waals surface area contributed by atoms with Gasteiger partial charge in [-0.1, -0.05) is 46.3 Å². The van der Waals surface area contributed by atoms with Gasteiger partial charge >= 0.3 is 12.1 Å². The molecule has 0 saturated heterocycles. The molecular formula is C30H41ClO8. The lowest BCUT2D eigenvalue weighted by atomic mass is 9.45. The van der Waals surface area contributed by atoms with Crippen molar-refractivity contribution in [2.75, 3.05) is 13.2 Å². The Labute approximate surface area is 235 Å². The minimum atomic E-state index is -1.68. The summed E-state index contributed by atoms with van der Waals surface area (Å²) < 4.78 is 16.6. The van der Waals surface area contributed by atoms with Crippen molar-refractivity contribution in [1.29, 1.82) is 0 Å². The molecule has 4 aliphatic rings. The summed E-state index contributed by atoms with van der Waals surface area (Å²) in [5.41, 5.74) is -2.52. The number of halogens is 1. The van der Waals surface area contributed by atoms with Crippen molar-refractivity contribution < 1.29 is 38.5 Å². The van der Waals surface area contributed by atoms with Crippen LogP contribution in [0.3, 0.4) is 0 Å². The van der Waals surface area contributed by atoms with E-state index in [1.165, 1.54) is 6.08 Å². The van der Waals surface area contributed by atoms with Gasteiger partial charge in [0.1, 0.15) is 0 Å². The number of fused-ring (bicyclic) bond motifs is 5. The zero-order valence-corrected chi connectivity index (χ0v) is 24.3. The third-order valence-corrected chi connectivity index (χ3v) is 11.0. The van der Waals surface area contributed by atoms with Gasteiger partial charge in [0.05, 0.1) is 17.6 Å². The summed E-state index contributed by atoms with van der Waals surface area (Å²) in [4.78, 5) is 50.2. The SMILES string of the molecule is CCCOC(=O)O[C@]1(C(=O)COC(=O)CCC)[C@H](C)C[C@H]2[C@@H]3CCC4=CC(=O)C=C[C@]4(C)[C@@]3(Cl)C(O)C[C@@]21C. The Bertz CT molecular complexity index is 1100.